The van der Waals surface area contributed by atoms with Crippen molar-refractivity contribution in [3.8, 4) is 22.8 Å². The zero-order valence-corrected chi connectivity index (χ0v) is 27.8. The second-order valence-electron chi connectivity index (χ2n) is 10.5. The topological polar surface area (TPSA) is 137 Å². The van der Waals surface area contributed by atoms with Gasteiger partial charge in [-0.15, -0.1) is 0 Å². The first-order valence-electron chi connectivity index (χ1n) is 14.5. The van der Waals surface area contributed by atoms with Crippen LogP contribution in [-0.4, -0.2) is 45.4 Å². The van der Waals surface area contributed by atoms with Crippen molar-refractivity contribution < 1.29 is 19.1 Å². The number of para-hydroxylation sites is 1. The SMILES string of the molecule is C=CC(=O)Cc1cccc(C)c1Nc1ncc2nc(-c3c(Cl)c(OC)cc(OC)c3Cl)c(=O)n(Cc3ccc(NC(=O)C=C)cc3)c2n1. The van der Waals surface area contributed by atoms with E-state index in [1.165, 1.54) is 43.2 Å². The predicted octanol–water partition coefficient (Wildman–Crippen LogP) is 6.70. The number of fused-ring (bicyclic) bond motifs is 1. The molecule has 0 saturated heterocycles. The average Bonchev–Trinajstić information content (AvgIpc) is 3.08. The molecule has 0 radical (unpaired) electrons. The van der Waals surface area contributed by atoms with Crippen molar-refractivity contribution in [2.75, 3.05) is 24.9 Å². The Morgan fingerprint density at radius 3 is 2.29 bits per heavy atom. The largest absolute Gasteiger partial charge is 0.495 e. The highest BCUT2D eigenvalue weighted by Gasteiger charge is 2.25. The van der Waals surface area contributed by atoms with Gasteiger partial charge >= 0.3 is 0 Å². The highest BCUT2D eigenvalue weighted by atomic mass is 35.5. The van der Waals surface area contributed by atoms with E-state index in [0.717, 1.165) is 11.1 Å². The van der Waals surface area contributed by atoms with E-state index in [-0.39, 0.29) is 74.6 Å². The van der Waals surface area contributed by atoms with E-state index in [1.54, 1.807) is 24.3 Å². The van der Waals surface area contributed by atoms with Crippen LogP contribution in [0.25, 0.3) is 22.4 Å². The number of carbonyl (C=O) groups is 2. The lowest BCUT2D eigenvalue weighted by atomic mass is 10.0. The molecule has 0 atom stereocenters. The molecule has 3 aromatic carbocycles. The number of ether oxygens (including phenoxy) is 2. The van der Waals surface area contributed by atoms with Crippen LogP contribution in [0.5, 0.6) is 11.5 Å². The fourth-order valence-corrected chi connectivity index (χ4v) is 5.68. The quantitative estimate of drug-likeness (QED) is 0.138. The number of aryl methyl sites for hydroxylation is 1. The van der Waals surface area contributed by atoms with Crippen molar-refractivity contribution in [3.05, 3.63) is 117 Å². The highest BCUT2D eigenvalue weighted by Crippen LogP contribution is 2.44. The Bertz CT molecular complexity index is 2120. The van der Waals surface area contributed by atoms with E-state index < -0.39 is 5.56 Å². The van der Waals surface area contributed by atoms with Crippen LogP contribution < -0.4 is 25.7 Å². The van der Waals surface area contributed by atoms with Crippen LogP contribution in [0.15, 0.2) is 84.8 Å². The number of hydrogen-bond donors (Lipinski definition) is 2. The molecule has 2 N–H and O–H groups in total. The summed E-state index contributed by atoms with van der Waals surface area (Å²) in [5.74, 6) is 0.146. The first-order chi connectivity index (χ1) is 23.1. The van der Waals surface area contributed by atoms with Gasteiger partial charge in [-0.2, -0.15) is 4.98 Å². The predicted molar refractivity (Wildman–Crippen MR) is 188 cm³/mol. The summed E-state index contributed by atoms with van der Waals surface area (Å²) >= 11 is 13.4. The summed E-state index contributed by atoms with van der Waals surface area (Å²) in [5.41, 5.74) is 3.49. The molecule has 1 amide bonds. The van der Waals surface area contributed by atoms with E-state index in [1.807, 2.05) is 25.1 Å². The maximum atomic E-state index is 14.4. The van der Waals surface area contributed by atoms with Gasteiger partial charge in [0.1, 0.15) is 22.7 Å². The number of carbonyl (C=O) groups excluding carboxylic acids is 2. The number of methoxy groups -OCH3 is 2. The molecule has 48 heavy (non-hydrogen) atoms. The first kappa shape index (κ1) is 33.8. The van der Waals surface area contributed by atoms with Gasteiger partial charge in [0.05, 0.1) is 42.6 Å². The number of rotatable bonds is 12. The summed E-state index contributed by atoms with van der Waals surface area (Å²) in [6, 6.07) is 14.0. The molecule has 0 spiro atoms. The van der Waals surface area contributed by atoms with E-state index >= 15 is 0 Å². The van der Waals surface area contributed by atoms with Crippen LogP contribution in [0, 0.1) is 6.92 Å². The normalized spacial score (nSPS) is 10.8. The molecule has 11 nitrogen and oxygen atoms in total. The van der Waals surface area contributed by atoms with Crippen LogP contribution >= 0.6 is 23.2 Å². The lowest BCUT2D eigenvalue weighted by Gasteiger charge is -2.17. The van der Waals surface area contributed by atoms with Crippen molar-refractivity contribution in [1.29, 1.82) is 0 Å². The number of allylic oxidation sites excluding steroid dienone is 1. The van der Waals surface area contributed by atoms with Crippen LogP contribution in [-0.2, 0) is 22.6 Å². The molecule has 244 valence electrons. The number of anilines is 3. The zero-order valence-electron chi connectivity index (χ0n) is 26.3. The first-order valence-corrected chi connectivity index (χ1v) is 15.2. The number of nitrogens with one attached hydrogen (secondary N) is 2. The number of halogens is 2. The third-order valence-corrected chi connectivity index (χ3v) is 8.18. The van der Waals surface area contributed by atoms with Crippen LogP contribution in [0.4, 0.5) is 17.3 Å². The van der Waals surface area contributed by atoms with Gasteiger partial charge in [-0.1, -0.05) is 66.7 Å². The Labute approximate surface area is 285 Å². The maximum Gasteiger partial charge on any atom is 0.279 e. The van der Waals surface area contributed by atoms with E-state index in [4.69, 9.17) is 37.7 Å². The molecule has 0 saturated carbocycles. The second-order valence-corrected chi connectivity index (χ2v) is 11.3. The standard InChI is InChI=1S/C35H30Cl2N6O5/c1-6-23(44)15-21-10-8-9-19(3)31(21)41-35-38-17-24-33(42-35)43(18-20-11-13-22(14-12-20)39-27(45)7-2)34(46)32(40-24)28-29(36)25(47-4)16-26(48-5)30(28)37/h6-14,16-17H,1-2,15,18H2,3-5H3,(H,39,45)(H,38,41,42). The summed E-state index contributed by atoms with van der Waals surface area (Å²) in [5, 5.41) is 6.06. The van der Waals surface area contributed by atoms with E-state index in [0.29, 0.717) is 16.9 Å². The van der Waals surface area contributed by atoms with Gasteiger partial charge in [-0.3, -0.25) is 19.0 Å². The molecule has 2 aromatic heterocycles. The molecule has 5 rings (SSSR count). The fourth-order valence-electron chi connectivity index (χ4n) is 5.00. The summed E-state index contributed by atoms with van der Waals surface area (Å²) in [6.45, 7) is 8.99. The van der Waals surface area contributed by atoms with Gasteiger partial charge in [0, 0.05) is 23.9 Å². The molecule has 2 heterocycles. The monoisotopic (exact) mass is 684 g/mol. The minimum absolute atomic E-state index is 0.0524. The summed E-state index contributed by atoms with van der Waals surface area (Å²) in [7, 11) is 2.86. The van der Waals surface area contributed by atoms with Crippen molar-refractivity contribution in [2.24, 2.45) is 0 Å². The van der Waals surface area contributed by atoms with E-state index in [2.05, 4.69) is 33.8 Å². The van der Waals surface area contributed by atoms with Crippen molar-refractivity contribution in [2.45, 2.75) is 19.9 Å². The minimum Gasteiger partial charge on any atom is -0.495 e. The number of aromatic nitrogens is 4. The molecule has 0 aliphatic rings. The third kappa shape index (κ3) is 6.92. The van der Waals surface area contributed by atoms with Crippen molar-refractivity contribution in [1.82, 2.24) is 19.5 Å². The Morgan fingerprint density at radius 1 is 0.979 bits per heavy atom. The second kappa shape index (κ2) is 14.5. The number of nitrogens with zero attached hydrogens (tertiary/aromatic N) is 4. The molecular weight excluding hydrogens is 655 g/mol. The summed E-state index contributed by atoms with van der Waals surface area (Å²) in [4.78, 5) is 52.2. The van der Waals surface area contributed by atoms with Gasteiger partial charge in [0.25, 0.3) is 5.56 Å². The van der Waals surface area contributed by atoms with Crippen molar-refractivity contribution in [3.63, 3.8) is 0 Å². The lowest BCUT2D eigenvalue weighted by Crippen LogP contribution is -2.25. The molecule has 13 heteroatoms. The highest BCUT2D eigenvalue weighted by molar-refractivity contribution is 6.41. The molecule has 0 aliphatic carbocycles. The zero-order chi connectivity index (χ0) is 34.5. The summed E-state index contributed by atoms with van der Waals surface area (Å²) in [6.07, 6.45) is 4.05. The van der Waals surface area contributed by atoms with Crippen LogP contribution in [0.3, 0.4) is 0 Å². The smallest absolute Gasteiger partial charge is 0.279 e. The maximum absolute atomic E-state index is 14.4. The molecule has 0 fully saturated rings. The Balaban J connectivity index is 1.69. The number of ketones is 1. The number of amides is 1. The summed E-state index contributed by atoms with van der Waals surface area (Å²) < 4.78 is 12.3. The number of hydrogen-bond acceptors (Lipinski definition) is 9. The molecule has 0 aliphatic heterocycles. The van der Waals surface area contributed by atoms with Gasteiger partial charge in [0.2, 0.25) is 11.9 Å². The lowest BCUT2D eigenvalue weighted by molar-refractivity contribution is -0.114. The average molecular weight is 686 g/mol. The Kier molecular flexibility index (Phi) is 10.2. The van der Waals surface area contributed by atoms with Crippen LogP contribution in [0.1, 0.15) is 16.7 Å². The molecule has 0 unspecified atom stereocenters. The fraction of sp³-hybridized carbons (Fsp3) is 0.143. The van der Waals surface area contributed by atoms with Gasteiger partial charge in [-0.25, -0.2) is 9.97 Å². The molecular formula is C35H30Cl2N6O5. The van der Waals surface area contributed by atoms with Crippen molar-refractivity contribution >= 4 is 63.4 Å². The van der Waals surface area contributed by atoms with E-state index in [9.17, 15) is 14.4 Å². The Hall–Kier alpha value is -5.52. The van der Waals surface area contributed by atoms with Gasteiger partial charge in [-0.05, 0) is 47.9 Å². The third-order valence-electron chi connectivity index (χ3n) is 7.43. The Morgan fingerprint density at radius 2 is 1.67 bits per heavy atom. The molecule has 0 bridgehead atoms. The minimum atomic E-state index is -0.552. The molecule has 5 aromatic rings. The van der Waals surface area contributed by atoms with Crippen LogP contribution in [0.2, 0.25) is 10.0 Å². The van der Waals surface area contributed by atoms with Gasteiger partial charge < -0.3 is 20.1 Å². The van der Waals surface area contributed by atoms with Gasteiger partial charge in [0.15, 0.2) is 11.4 Å². The number of benzene rings is 3.